The Kier molecular flexibility index (Phi) is 6.18. The number of nitrogens with zero attached hydrogens (tertiary/aromatic N) is 4. The van der Waals surface area contributed by atoms with Gasteiger partial charge in [0.15, 0.2) is 0 Å². The molecule has 26 heavy (non-hydrogen) atoms. The van der Waals surface area contributed by atoms with E-state index in [0.29, 0.717) is 18.7 Å². The molecule has 0 bridgehead atoms. The van der Waals surface area contributed by atoms with Crippen molar-refractivity contribution in [3.05, 3.63) is 39.9 Å². The van der Waals surface area contributed by atoms with Gasteiger partial charge in [0.05, 0.1) is 16.9 Å². The van der Waals surface area contributed by atoms with E-state index in [1.54, 1.807) is 43.1 Å². The lowest BCUT2D eigenvalue weighted by atomic mass is 9.95. The van der Waals surface area contributed by atoms with Gasteiger partial charge >= 0.3 is 6.03 Å². The van der Waals surface area contributed by atoms with E-state index in [0.717, 1.165) is 12.8 Å². The van der Waals surface area contributed by atoms with Gasteiger partial charge in [0.25, 0.3) is 5.69 Å². The van der Waals surface area contributed by atoms with Crippen LogP contribution in [0.3, 0.4) is 0 Å². The number of urea groups is 1. The topological polar surface area (TPSA) is 87.0 Å². The summed E-state index contributed by atoms with van der Waals surface area (Å²) in [5.41, 5.74) is 0.725. The summed E-state index contributed by atoms with van der Waals surface area (Å²) in [6.45, 7) is 2.91. The van der Waals surface area contributed by atoms with Crippen LogP contribution in [0, 0.1) is 16.0 Å². The molecule has 0 saturated carbocycles. The summed E-state index contributed by atoms with van der Waals surface area (Å²) in [6.07, 6.45) is 1.52. The van der Waals surface area contributed by atoms with Gasteiger partial charge in [0, 0.05) is 46.4 Å². The summed E-state index contributed by atoms with van der Waals surface area (Å²) in [5, 5.41) is 11.0. The van der Waals surface area contributed by atoms with Gasteiger partial charge in [-0.25, -0.2) is 4.79 Å². The second kappa shape index (κ2) is 8.16. The van der Waals surface area contributed by atoms with Crippen LogP contribution < -0.4 is 0 Å². The first-order valence-corrected chi connectivity index (χ1v) is 8.69. The van der Waals surface area contributed by atoms with Crippen LogP contribution in [0.2, 0.25) is 0 Å². The maximum Gasteiger partial charge on any atom is 0.319 e. The van der Waals surface area contributed by atoms with E-state index in [9.17, 15) is 19.7 Å². The molecule has 8 nitrogen and oxygen atoms in total. The number of hydrogen-bond donors (Lipinski definition) is 0. The van der Waals surface area contributed by atoms with E-state index in [1.807, 2.05) is 6.92 Å². The summed E-state index contributed by atoms with van der Waals surface area (Å²) in [4.78, 5) is 40.4. The van der Waals surface area contributed by atoms with Crippen molar-refractivity contribution in [3.8, 4) is 0 Å². The molecule has 0 aliphatic carbocycles. The number of piperidine rings is 1. The van der Waals surface area contributed by atoms with Gasteiger partial charge in [-0.1, -0.05) is 12.1 Å². The summed E-state index contributed by atoms with van der Waals surface area (Å²) >= 11 is 0. The molecule has 1 aromatic carbocycles. The highest BCUT2D eigenvalue weighted by Gasteiger charge is 2.32. The van der Waals surface area contributed by atoms with Crippen molar-refractivity contribution in [1.29, 1.82) is 0 Å². The van der Waals surface area contributed by atoms with Crippen LogP contribution in [0.1, 0.15) is 31.4 Å². The number of amides is 3. The first-order chi connectivity index (χ1) is 12.2. The van der Waals surface area contributed by atoms with Gasteiger partial charge in [-0.3, -0.25) is 14.9 Å². The second-order valence-corrected chi connectivity index (χ2v) is 6.94. The summed E-state index contributed by atoms with van der Waals surface area (Å²) < 4.78 is 0. The van der Waals surface area contributed by atoms with E-state index in [2.05, 4.69) is 0 Å². The van der Waals surface area contributed by atoms with Crippen molar-refractivity contribution in [2.75, 3.05) is 34.2 Å². The molecule has 0 N–H and O–H groups in total. The van der Waals surface area contributed by atoms with E-state index < -0.39 is 4.92 Å². The lowest BCUT2D eigenvalue weighted by Gasteiger charge is -2.36. The maximum absolute atomic E-state index is 12.9. The Morgan fingerprint density at radius 2 is 2.00 bits per heavy atom. The molecule has 1 aromatic rings. The second-order valence-electron chi connectivity index (χ2n) is 6.94. The van der Waals surface area contributed by atoms with Gasteiger partial charge in [0.1, 0.15) is 0 Å². The number of hydrogen-bond acceptors (Lipinski definition) is 4. The van der Waals surface area contributed by atoms with Crippen molar-refractivity contribution < 1.29 is 14.5 Å². The number of benzene rings is 1. The molecule has 142 valence electrons. The van der Waals surface area contributed by atoms with Crippen LogP contribution in [0.25, 0.3) is 0 Å². The molecule has 0 radical (unpaired) electrons. The SMILES string of the molecule is C[C@H](c1cccc([N+](=O)[O-])c1)N(C)C(=O)[C@@H]1CCCN(C(=O)N(C)C)C1. The first-order valence-electron chi connectivity index (χ1n) is 8.69. The minimum absolute atomic E-state index is 0.00983. The summed E-state index contributed by atoms with van der Waals surface area (Å²) in [5.74, 6) is -0.293. The number of nitro groups is 1. The zero-order valence-corrected chi connectivity index (χ0v) is 15.7. The molecular formula is C18H26N4O4. The van der Waals surface area contributed by atoms with Gasteiger partial charge < -0.3 is 14.7 Å². The molecule has 0 spiro atoms. The number of nitro benzene ring substituents is 1. The molecule has 1 aliphatic heterocycles. The van der Waals surface area contributed by atoms with E-state index in [-0.39, 0.29) is 29.6 Å². The number of rotatable bonds is 4. The van der Waals surface area contributed by atoms with Crippen LogP contribution in [-0.4, -0.2) is 65.8 Å². The predicted octanol–water partition coefficient (Wildman–Crippen LogP) is 2.51. The Morgan fingerprint density at radius 1 is 1.31 bits per heavy atom. The monoisotopic (exact) mass is 362 g/mol. The van der Waals surface area contributed by atoms with Crippen LogP contribution in [0.5, 0.6) is 0 Å². The number of carbonyl (C=O) groups is 2. The fourth-order valence-electron chi connectivity index (χ4n) is 3.24. The Bertz CT molecular complexity index is 692. The lowest BCUT2D eigenvalue weighted by Crippen LogP contribution is -2.49. The van der Waals surface area contributed by atoms with Crippen molar-refractivity contribution in [2.45, 2.75) is 25.8 Å². The van der Waals surface area contributed by atoms with Crippen LogP contribution in [-0.2, 0) is 4.79 Å². The van der Waals surface area contributed by atoms with Gasteiger partial charge in [0.2, 0.25) is 5.91 Å². The molecule has 3 amide bonds. The van der Waals surface area contributed by atoms with Crippen molar-refractivity contribution in [2.24, 2.45) is 5.92 Å². The van der Waals surface area contributed by atoms with Crippen molar-refractivity contribution in [1.82, 2.24) is 14.7 Å². The molecule has 2 rings (SSSR count). The Labute approximate surface area is 153 Å². The third-order valence-corrected chi connectivity index (χ3v) is 4.92. The van der Waals surface area contributed by atoms with E-state index >= 15 is 0 Å². The van der Waals surface area contributed by atoms with Crippen molar-refractivity contribution in [3.63, 3.8) is 0 Å². The Hall–Kier alpha value is -2.64. The summed E-state index contributed by atoms with van der Waals surface area (Å²) in [7, 11) is 5.10. The average Bonchev–Trinajstić information content (AvgIpc) is 2.65. The van der Waals surface area contributed by atoms with E-state index in [4.69, 9.17) is 0 Å². The normalized spacial score (nSPS) is 18.2. The molecule has 1 fully saturated rings. The molecule has 0 aromatic heterocycles. The van der Waals surface area contributed by atoms with Gasteiger partial charge in [-0.15, -0.1) is 0 Å². The quantitative estimate of drug-likeness (QED) is 0.608. The molecule has 2 atom stereocenters. The third-order valence-electron chi connectivity index (χ3n) is 4.92. The van der Waals surface area contributed by atoms with E-state index in [1.165, 1.54) is 17.0 Å². The Balaban J connectivity index is 2.09. The van der Waals surface area contributed by atoms with Gasteiger partial charge in [-0.05, 0) is 25.3 Å². The molecule has 1 heterocycles. The zero-order chi connectivity index (χ0) is 19.4. The maximum atomic E-state index is 12.9. The largest absolute Gasteiger partial charge is 0.339 e. The zero-order valence-electron chi connectivity index (χ0n) is 15.7. The molecule has 1 aliphatic rings. The number of carbonyl (C=O) groups excluding carboxylic acids is 2. The van der Waals surface area contributed by atoms with Crippen LogP contribution >= 0.6 is 0 Å². The minimum atomic E-state index is -0.441. The predicted molar refractivity (Wildman–Crippen MR) is 97.7 cm³/mol. The molecular weight excluding hydrogens is 336 g/mol. The molecule has 8 heteroatoms. The average molecular weight is 362 g/mol. The summed E-state index contributed by atoms with van der Waals surface area (Å²) in [6, 6.07) is 5.96. The van der Waals surface area contributed by atoms with Gasteiger partial charge in [-0.2, -0.15) is 0 Å². The van der Waals surface area contributed by atoms with Crippen LogP contribution in [0.15, 0.2) is 24.3 Å². The number of likely N-dealkylation sites (tertiary alicyclic amines) is 1. The fourth-order valence-corrected chi connectivity index (χ4v) is 3.24. The van der Waals surface area contributed by atoms with Crippen LogP contribution in [0.4, 0.5) is 10.5 Å². The third kappa shape index (κ3) is 4.30. The highest BCUT2D eigenvalue weighted by atomic mass is 16.6. The highest BCUT2D eigenvalue weighted by molar-refractivity contribution is 5.81. The Morgan fingerprint density at radius 3 is 2.62 bits per heavy atom. The minimum Gasteiger partial charge on any atom is -0.339 e. The molecule has 0 unspecified atom stereocenters. The smallest absolute Gasteiger partial charge is 0.319 e. The highest BCUT2D eigenvalue weighted by Crippen LogP contribution is 2.26. The van der Waals surface area contributed by atoms with Crippen molar-refractivity contribution >= 4 is 17.6 Å². The lowest BCUT2D eigenvalue weighted by molar-refractivity contribution is -0.384. The fraction of sp³-hybridized carbons (Fsp3) is 0.556. The first kappa shape index (κ1) is 19.7. The molecule has 1 saturated heterocycles. The number of non-ortho nitro benzene ring substituents is 1. The standard InChI is InChI=1S/C18H26N4O4/c1-13(14-7-5-9-16(11-14)22(25)26)20(4)17(23)15-8-6-10-21(12-15)18(24)19(2)3/h5,7,9,11,13,15H,6,8,10,12H2,1-4H3/t13-,15-/m1/s1.